The van der Waals surface area contributed by atoms with Crippen LogP contribution in [0.3, 0.4) is 0 Å². The van der Waals surface area contributed by atoms with Crippen molar-refractivity contribution in [3.8, 4) is 0 Å². The molecule has 1 amide bonds. The Morgan fingerprint density at radius 3 is 2.54 bits per heavy atom. The summed E-state index contributed by atoms with van der Waals surface area (Å²) in [5, 5.41) is 7.17. The van der Waals surface area contributed by atoms with E-state index in [4.69, 9.17) is 0 Å². The topological polar surface area (TPSA) is 44.4 Å². The third-order valence-electron chi connectivity index (χ3n) is 9.81. The van der Waals surface area contributed by atoms with Crippen molar-refractivity contribution in [2.45, 2.75) is 75.3 Å². The Labute approximate surface area is 219 Å². The van der Waals surface area contributed by atoms with Gasteiger partial charge in [0.15, 0.2) is 0 Å². The van der Waals surface area contributed by atoms with Crippen LogP contribution in [0.25, 0.3) is 0 Å². The molecular weight excluding hydrogens is 468 g/mol. The second-order valence-corrected chi connectivity index (χ2v) is 12.0. The number of piperidine rings is 1. The number of hydrogen-bond donors (Lipinski definition) is 2. The number of nitrogens with one attached hydrogen (secondary N) is 2. The molecule has 37 heavy (non-hydrogen) atoms. The van der Waals surface area contributed by atoms with Crippen molar-refractivity contribution in [2.24, 2.45) is 11.8 Å². The van der Waals surface area contributed by atoms with Gasteiger partial charge in [-0.05, 0) is 61.1 Å². The summed E-state index contributed by atoms with van der Waals surface area (Å²) in [7, 11) is 0. The van der Waals surface area contributed by atoms with Gasteiger partial charge in [0.1, 0.15) is 0 Å². The highest BCUT2D eigenvalue weighted by Gasteiger charge is 2.53. The Morgan fingerprint density at radius 2 is 1.76 bits per heavy atom. The first-order chi connectivity index (χ1) is 17.9. The lowest BCUT2D eigenvalue weighted by atomic mass is 9.67. The van der Waals surface area contributed by atoms with E-state index in [1.165, 1.54) is 22.3 Å². The molecule has 2 aromatic rings. The van der Waals surface area contributed by atoms with Crippen LogP contribution in [0.4, 0.5) is 8.78 Å². The van der Waals surface area contributed by atoms with Gasteiger partial charge in [-0.1, -0.05) is 54.1 Å². The summed E-state index contributed by atoms with van der Waals surface area (Å²) in [6, 6.07) is 17.2. The molecule has 2 saturated heterocycles. The average molecular weight is 508 g/mol. The molecule has 6 rings (SSSR count). The smallest absolute Gasteiger partial charge is 0.248 e. The maximum Gasteiger partial charge on any atom is 0.248 e. The Bertz CT molecular complexity index is 1130. The predicted molar refractivity (Wildman–Crippen MR) is 142 cm³/mol. The molecule has 4 unspecified atom stereocenters. The minimum absolute atomic E-state index is 0.0224. The predicted octanol–water partition coefficient (Wildman–Crippen LogP) is 5.16. The van der Waals surface area contributed by atoms with Crippen molar-refractivity contribution < 1.29 is 13.6 Å². The van der Waals surface area contributed by atoms with Crippen LogP contribution in [-0.2, 0) is 16.8 Å². The second-order valence-electron chi connectivity index (χ2n) is 12.0. The number of amides is 1. The maximum absolute atomic E-state index is 14.5. The van der Waals surface area contributed by atoms with E-state index in [1.54, 1.807) is 0 Å². The summed E-state index contributed by atoms with van der Waals surface area (Å²) in [5.74, 6) is -1.99. The van der Waals surface area contributed by atoms with Crippen LogP contribution in [-0.4, -0.2) is 49.0 Å². The number of alkyl halides is 2. The third kappa shape index (κ3) is 4.61. The molecule has 6 heteroatoms. The van der Waals surface area contributed by atoms with E-state index < -0.39 is 5.92 Å². The molecule has 4 atom stereocenters. The first-order valence-electron chi connectivity index (χ1n) is 14.1. The number of benzene rings is 2. The number of halogens is 2. The molecule has 4 nitrogen and oxygen atoms in total. The van der Waals surface area contributed by atoms with Crippen LogP contribution >= 0.6 is 0 Å². The molecule has 1 saturated carbocycles. The van der Waals surface area contributed by atoms with E-state index in [2.05, 4.69) is 64.9 Å². The van der Waals surface area contributed by atoms with Gasteiger partial charge in [0, 0.05) is 57.0 Å². The monoisotopic (exact) mass is 507 g/mol. The quantitative estimate of drug-likeness (QED) is 0.604. The van der Waals surface area contributed by atoms with Crippen LogP contribution in [0.5, 0.6) is 0 Å². The maximum atomic E-state index is 14.5. The molecule has 3 aliphatic heterocycles. The highest BCUT2D eigenvalue weighted by Crippen LogP contribution is 2.46. The lowest BCUT2D eigenvalue weighted by molar-refractivity contribution is -0.144. The van der Waals surface area contributed by atoms with E-state index in [1.807, 2.05) is 6.07 Å². The first-order valence-corrected chi connectivity index (χ1v) is 14.1. The molecule has 2 aromatic carbocycles. The van der Waals surface area contributed by atoms with Gasteiger partial charge in [-0.3, -0.25) is 4.79 Å². The van der Waals surface area contributed by atoms with Gasteiger partial charge in [-0.25, -0.2) is 8.78 Å². The van der Waals surface area contributed by atoms with Crippen LogP contribution in [0, 0.1) is 18.8 Å². The molecule has 3 fully saturated rings. The van der Waals surface area contributed by atoms with Gasteiger partial charge in [-0.15, -0.1) is 0 Å². The number of fused-ring (bicyclic) bond motifs is 2. The van der Waals surface area contributed by atoms with Gasteiger partial charge in [0.25, 0.3) is 0 Å². The lowest BCUT2D eigenvalue weighted by Crippen LogP contribution is -2.57. The molecule has 4 aliphatic rings. The number of likely N-dealkylation sites (tertiary alicyclic amines) is 1. The highest BCUT2D eigenvalue weighted by molar-refractivity contribution is 5.82. The van der Waals surface area contributed by atoms with Crippen molar-refractivity contribution in [1.82, 2.24) is 15.5 Å². The minimum Gasteiger partial charge on any atom is -0.339 e. The molecule has 198 valence electrons. The molecular formula is C31H39F2N3O. The SMILES string of the molecule is Cc1ccc2c(c1)CNCC21CNCC1C(=O)N1CCC(c2ccccc2)CC1C1CCC(F)(F)CC1. The normalized spacial score (nSPS) is 31.9. The van der Waals surface area contributed by atoms with Crippen molar-refractivity contribution in [2.75, 3.05) is 26.2 Å². The van der Waals surface area contributed by atoms with E-state index in [0.717, 1.165) is 32.5 Å². The van der Waals surface area contributed by atoms with Crippen molar-refractivity contribution in [3.63, 3.8) is 0 Å². The summed E-state index contributed by atoms with van der Waals surface area (Å²) in [5.41, 5.74) is 4.87. The first kappa shape index (κ1) is 25.0. The standard InChI is InChI=1S/C31H39F2N3O/c1-21-7-8-26-25(15-21)17-34-19-30(26)20-35-18-27(30)29(37)36-14-11-24(22-5-3-2-4-6-22)16-28(36)23-9-12-31(32,33)13-10-23/h2-8,15,23-24,27-28,34-35H,9-14,16-20H2,1H3. The summed E-state index contributed by atoms with van der Waals surface area (Å²) < 4.78 is 28.2. The summed E-state index contributed by atoms with van der Waals surface area (Å²) in [6.07, 6.45) is 2.68. The fourth-order valence-corrected chi connectivity index (χ4v) is 7.81. The molecule has 0 aromatic heterocycles. The zero-order chi connectivity index (χ0) is 25.6. The fraction of sp³-hybridized carbons (Fsp3) is 0.581. The Kier molecular flexibility index (Phi) is 6.60. The molecule has 1 aliphatic carbocycles. The summed E-state index contributed by atoms with van der Waals surface area (Å²) >= 11 is 0. The molecule has 0 radical (unpaired) electrons. The molecule has 2 N–H and O–H groups in total. The number of nitrogens with zero attached hydrogens (tertiary/aromatic N) is 1. The van der Waals surface area contributed by atoms with Gasteiger partial charge >= 0.3 is 0 Å². The van der Waals surface area contributed by atoms with E-state index in [-0.39, 0.29) is 42.0 Å². The Hall–Kier alpha value is -2.31. The van der Waals surface area contributed by atoms with Gasteiger partial charge in [0.05, 0.1) is 5.92 Å². The largest absolute Gasteiger partial charge is 0.339 e. The van der Waals surface area contributed by atoms with Crippen molar-refractivity contribution in [1.29, 1.82) is 0 Å². The summed E-state index contributed by atoms with van der Waals surface area (Å²) in [6.45, 7) is 5.90. The number of aryl methyl sites for hydroxylation is 1. The van der Waals surface area contributed by atoms with E-state index in [0.29, 0.717) is 31.8 Å². The molecule has 0 bridgehead atoms. The van der Waals surface area contributed by atoms with E-state index in [9.17, 15) is 13.6 Å². The number of hydrogen-bond acceptors (Lipinski definition) is 3. The average Bonchev–Trinajstić information content (AvgIpc) is 3.32. The molecule has 3 heterocycles. The second kappa shape index (κ2) is 9.77. The lowest BCUT2D eigenvalue weighted by Gasteiger charge is -2.48. The van der Waals surface area contributed by atoms with Crippen molar-refractivity contribution in [3.05, 3.63) is 70.8 Å². The number of carbonyl (C=O) groups excluding carboxylic acids is 1. The Morgan fingerprint density at radius 1 is 1.00 bits per heavy atom. The van der Waals surface area contributed by atoms with Gasteiger partial charge < -0.3 is 15.5 Å². The Balaban J connectivity index is 1.30. The van der Waals surface area contributed by atoms with E-state index >= 15 is 0 Å². The minimum atomic E-state index is -2.56. The van der Waals surface area contributed by atoms with Crippen LogP contribution in [0.2, 0.25) is 0 Å². The van der Waals surface area contributed by atoms with Crippen LogP contribution in [0.15, 0.2) is 48.5 Å². The third-order valence-corrected chi connectivity index (χ3v) is 9.81. The highest BCUT2D eigenvalue weighted by atomic mass is 19.3. The zero-order valence-corrected chi connectivity index (χ0v) is 21.8. The van der Waals surface area contributed by atoms with Gasteiger partial charge in [-0.2, -0.15) is 0 Å². The van der Waals surface area contributed by atoms with Gasteiger partial charge in [0.2, 0.25) is 11.8 Å². The number of carbonyl (C=O) groups is 1. The molecule has 1 spiro atoms. The van der Waals surface area contributed by atoms with Crippen LogP contribution < -0.4 is 10.6 Å². The zero-order valence-electron chi connectivity index (χ0n) is 21.8. The summed E-state index contributed by atoms with van der Waals surface area (Å²) in [4.78, 5) is 16.6. The van der Waals surface area contributed by atoms with Crippen LogP contribution in [0.1, 0.15) is 66.7 Å². The van der Waals surface area contributed by atoms with Crippen molar-refractivity contribution >= 4 is 5.91 Å². The number of rotatable bonds is 3. The fourth-order valence-electron chi connectivity index (χ4n) is 7.81.